The molecular weight excluding hydrogens is 262 g/mol. The second-order valence-corrected chi connectivity index (χ2v) is 5.10. The minimum absolute atomic E-state index is 0.0147. The van der Waals surface area contributed by atoms with Crippen LogP contribution in [0.25, 0.3) is 5.82 Å². The normalized spacial score (nSPS) is 12.1. The zero-order valence-electron chi connectivity index (χ0n) is 10.8. The largest absolute Gasteiger partial charge is 0.351 e. The number of nitrogens with zero attached hydrogens (tertiary/aromatic N) is 4. The number of pyridine rings is 1. The SMILES string of the molecule is CS[C@H](C)C(=O)NCc1cccnc1-n1cncn1. The van der Waals surface area contributed by atoms with Crippen LogP contribution < -0.4 is 5.32 Å². The Bertz CT molecular complexity index is 543. The second kappa shape index (κ2) is 6.33. The lowest BCUT2D eigenvalue weighted by atomic mass is 10.2. The molecule has 0 radical (unpaired) electrons. The van der Waals surface area contributed by atoms with Crippen LogP contribution in [0.4, 0.5) is 0 Å². The molecule has 0 aliphatic rings. The van der Waals surface area contributed by atoms with E-state index in [1.165, 1.54) is 18.1 Å². The van der Waals surface area contributed by atoms with Crippen molar-refractivity contribution < 1.29 is 4.79 Å². The Hall–Kier alpha value is -1.89. The van der Waals surface area contributed by atoms with E-state index in [9.17, 15) is 4.79 Å². The molecule has 1 N–H and O–H groups in total. The van der Waals surface area contributed by atoms with Gasteiger partial charge in [0.15, 0.2) is 5.82 Å². The molecule has 2 rings (SSSR count). The molecule has 19 heavy (non-hydrogen) atoms. The van der Waals surface area contributed by atoms with E-state index in [0.29, 0.717) is 12.4 Å². The first-order valence-electron chi connectivity index (χ1n) is 5.81. The first kappa shape index (κ1) is 13.5. The van der Waals surface area contributed by atoms with Crippen LogP contribution in [-0.2, 0) is 11.3 Å². The lowest BCUT2D eigenvalue weighted by molar-refractivity contribution is -0.120. The van der Waals surface area contributed by atoms with E-state index >= 15 is 0 Å². The van der Waals surface area contributed by atoms with Crippen LogP contribution in [0.3, 0.4) is 0 Å². The lowest BCUT2D eigenvalue weighted by Gasteiger charge is -2.11. The maximum absolute atomic E-state index is 11.8. The van der Waals surface area contributed by atoms with E-state index in [4.69, 9.17) is 0 Å². The number of aromatic nitrogens is 4. The van der Waals surface area contributed by atoms with Gasteiger partial charge in [-0.15, -0.1) is 0 Å². The zero-order chi connectivity index (χ0) is 13.7. The number of hydrogen-bond donors (Lipinski definition) is 1. The highest BCUT2D eigenvalue weighted by Gasteiger charge is 2.12. The lowest BCUT2D eigenvalue weighted by Crippen LogP contribution is -2.30. The third-order valence-electron chi connectivity index (χ3n) is 2.68. The average Bonchev–Trinajstić information content (AvgIpc) is 2.98. The molecule has 1 atom stereocenters. The molecular formula is C12H15N5OS. The summed E-state index contributed by atoms with van der Waals surface area (Å²) in [5, 5.41) is 6.88. The predicted octanol–water partition coefficient (Wildman–Crippen LogP) is 1.03. The summed E-state index contributed by atoms with van der Waals surface area (Å²) in [6, 6.07) is 3.74. The van der Waals surface area contributed by atoms with Gasteiger partial charge in [-0.3, -0.25) is 4.79 Å². The number of amides is 1. The van der Waals surface area contributed by atoms with Crippen LogP contribution in [0.15, 0.2) is 31.0 Å². The van der Waals surface area contributed by atoms with Crippen molar-refractivity contribution in [3.8, 4) is 5.82 Å². The van der Waals surface area contributed by atoms with Gasteiger partial charge in [0.1, 0.15) is 12.7 Å². The van der Waals surface area contributed by atoms with Crippen molar-refractivity contribution in [1.29, 1.82) is 0 Å². The molecule has 2 aromatic rings. The molecule has 2 heterocycles. The Morgan fingerprint density at radius 3 is 3.11 bits per heavy atom. The van der Waals surface area contributed by atoms with E-state index in [-0.39, 0.29) is 11.2 Å². The monoisotopic (exact) mass is 277 g/mol. The van der Waals surface area contributed by atoms with Gasteiger partial charge < -0.3 is 5.32 Å². The molecule has 0 fully saturated rings. The smallest absolute Gasteiger partial charge is 0.233 e. The molecule has 6 nitrogen and oxygen atoms in total. The minimum atomic E-state index is -0.0634. The van der Waals surface area contributed by atoms with Gasteiger partial charge in [0.05, 0.1) is 5.25 Å². The van der Waals surface area contributed by atoms with Crippen LogP contribution in [-0.4, -0.2) is 37.2 Å². The first-order valence-corrected chi connectivity index (χ1v) is 7.10. The molecule has 0 unspecified atom stereocenters. The van der Waals surface area contributed by atoms with Crippen LogP contribution >= 0.6 is 11.8 Å². The van der Waals surface area contributed by atoms with Gasteiger partial charge in [0, 0.05) is 18.3 Å². The molecule has 0 bridgehead atoms. The third kappa shape index (κ3) is 3.31. The highest BCUT2D eigenvalue weighted by Crippen LogP contribution is 2.10. The number of rotatable bonds is 5. The van der Waals surface area contributed by atoms with Crippen molar-refractivity contribution in [2.75, 3.05) is 6.26 Å². The summed E-state index contributed by atoms with van der Waals surface area (Å²) in [7, 11) is 0. The van der Waals surface area contributed by atoms with Gasteiger partial charge in [0.25, 0.3) is 0 Å². The van der Waals surface area contributed by atoms with E-state index in [0.717, 1.165) is 5.56 Å². The van der Waals surface area contributed by atoms with Crippen molar-refractivity contribution in [2.24, 2.45) is 0 Å². The summed E-state index contributed by atoms with van der Waals surface area (Å²) >= 11 is 1.51. The molecule has 0 saturated carbocycles. The van der Waals surface area contributed by atoms with Crippen LogP contribution in [0.5, 0.6) is 0 Å². The first-order chi connectivity index (χ1) is 9.22. The van der Waals surface area contributed by atoms with Crippen LogP contribution in [0, 0.1) is 0 Å². The van der Waals surface area contributed by atoms with E-state index in [1.807, 2.05) is 25.3 Å². The van der Waals surface area contributed by atoms with E-state index in [2.05, 4.69) is 20.4 Å². The average molecular weight is 277 g/mol. The predicted molar refractivity (Wildman–Crippen MR) is 74.0 cm³/mol. The Morgan fingerprint density at radius 1 is 1.58 bits per heavy atom. The van der Waals surface area contributed by atoms with E-state index < -0.39 is 0 Å². The van der Waals surface area contributed by atoms with Crippen LogP contribution in [0.2, 0.25) is 0 Å². The quantitative estimate of drug-likeness (QED) is 0.883. The molecule has 7 heteroatoms. The fourth-order valence-electron chi connectivity index (χ4n) is 1.53. The van der Waals surface area contributed by atoms with E-state index in [1.54, 1.807) is 17.2 Å². The summed E-state index contributed by atoms with van der Waals surface area (Å²) in [6.07, 6.45) is 6.63. The van der Waals surface area contributed by atoms with Gasteiger partial charge in [-0.25, -0.2) is 14.6 Å². The number of carbonyl (C=O) groups is 1. The second-order valence-electron chi connectivity index (χ2n) is 3.92. The summed E-state index contributed by atoms with van der Waals surface area (Å²) < 4.78 is 1.58. The highest BCUT2D eigenvalue weighted by atomic mass is 32.2. The number of hydrogen-bond acceptors (Lipinski definition) is 5. The summed E-state index contributed by atoms with van der Waals surface area (Å²) in [6.45, 7) is 2.30. The van der Waals surface area contributed by atoms with Gasteiger partial charge in [-0.05, 0) is 19.2 Å². The van der Waals surface area contributed by atoms with Crippen molar-refractivity contribution >= 4 is 17.7 Å². The molecule has 100 valence electrons. The molecule has 0 aliphatic carbocycles. The maximum atomic E-state index is 11.8. The Kier molecular flexibility index (Phi) is 4.51. The molecule has 2 aromatic heterocycles. The van der Waals surface area contributed by atoms with Gasteiger partial charge in [-0.1, -0.05) is 6.07 Å². The van der Waals surface area contributed by atoms with Gasteiger partial charge >= 0.3 is 0 Å². The Morgan fingerprint density at radius 2 is 2.42 bits per heavy atom. The topological polar surface area (TPSA) is 72.7 Å². The molecule has 0 spiro atoms. The summed E-state index contributed by atoms with van der Waals surface area (Å²) in [5.41, 5.74) is 0.898. The third-order valence-corrected chi connectivity index (χ3v) is 3.60. The number of nitrogens with one attached hydrogen (secondary N) is 1. The molecule has 0 aromatic carbocycles. The van der Waals surface area contributed by atoms with Crippen molar-refractivity contribution in [3.05, 3.63) is 36.5 Å². The fraction of sp³-hybridized carbons (Fsp3) is 0.333. The van der Waals surface area contributed by atoms with Crippen LogP contribution in [0.1, 0.15) is 12.5 Å². The molecule has 0 saturated heterocycles. The number of thioether (sulfide) groups is 1. The molecule has 0 aliphatic heterocycles. The highest BCUT2D eigenvalue weighted by molar-refractivity contribution is 7.99. The van der Waals surface area contributed by atoms with Gasteiger partial charge in [-0.2, -0.15) is 16.9 Å². The standard InChI is InChI=1S/C12H15N5OS/c1-9(19-2)12(18)15-6-10-4-3-5-14-11(10)17-8-13-7-16-17/h3-5,7-9H,6H2,1-2H3,(H,15,18)/t9-/m1/s1. The fourth-order valence-corrected chi connectivity index (χ4v) is 1.82. The Balaban J connectivity index is 2.11. The summed E-state index contributed by atoms with van der Waals surface area (Å²) in [5.74, 6) is 0.693. The maximum Gasteiger partial charge on any atom is 0.233 e. The minimum Gasteiger partial charge on any atom is -0.351 e. The van der Waals surface area contributed by atoms with Crippen molar-refractivity contribution in [1.82, 2.24) is 25.1 Å². The van der Waals surface area contributed by atoms with Crippen molar-refractivity contribution in [3.63, 3.8) is 0 Å². The van der Waals surface area contributed by atoms with Gasteiger partial charge in [0.2, 0.25) is 5.91 Å². The summed E-state index contributed by atoms with van der Waals surface area (Å²) in [4.78, 5) is 19.9. The zero-order valence-corrected chi connectivity index (χ0v) is 11.6. The van der Waals surface area contributed by atoms with Crippen molar-refractivity contribution in [2.45, 2.75) is 18.7 Å². The Labute approximate surface area is 115 Å². The number of carbonyl (C=O) groups excluding carboxylic acids is 1. The molecule has 1 amide bonds.